The number of nitrogens with one attached hydrogen (secondary N) is 1. The van der Waals surface area contributed by atoms with E-state index in [2.05, 4.69) is 44.9 Å². The molecule has 1 N–H and O–H groups in total. The van der Waals surface area contributed by atoms with Crippen molar-refractivity contribution in [1.29, 1.82) is 0 Å². The fourth-order valence-electron chi connectivity index (χ4n) is 4.01. The van der Waals surface area contributed by atoms with E-state index in [4.69, 9.17) is 4.42 Å². The molecule has 4 heteroatoms. The smallest absolute Gasteiger partial charge is 0.291 e. The van der Waals surface area contributed by atoms with E-state index in [0.29, 0.717) is 12.2 Å². The first kappa shape index (κ1) is 19.9. The lowest BCUT2D eigenvalue weighted by molar-refractivity contribution is 0.0995. The molecule has 2 aromatic carbocycles. The molecule has 4 aromatic rings. The van der Waals surface area contributed by atoms with E-state index in [9.17, 15) is 4.79 Å². The lowest BCUT2D eigenvalue weighted by Gasteiger charge is -2.18. The Kier molecular flexibility index (Phi) is 5.17. The number of pyridine rings is 1. The third kappa shape index (κ3) is 3.50. The van der Waals surface area contributed by atoms with Crippen molar-refractivity contribution < 1.29 is 9.21 Å². The Hall–Kier alpha value is -3.40. The number of rotatable bonds is 4. The van der Waals surface area contributed by atoms with Crippen LogP contribution in [0.2, 0.25) is 0 Å². The first-order valence-corrected chi connectivity index (χ1v) is 10.2. The van der Waals surface area contributed by atoms with Gasteiger partial charge in [-0.25, -0.2) is 0 Å². The highest BCUT2D eigenvalue weighted by Gasteiger charge is 2.17. The lowest BCUT2D eigenvalue weighted by Crippen LogP contribution is -2.11. The molecule has 4 rings (SSSR count). The van der Waals surface area contributed by atoms with Gasteiger partial charge in [0.05, 0.1) is 11.2 Å². The summed E-state index contributed by atoms with van der Waals surface area (Å²) in [7, 11) is 0. The number of hydrogen-bond acceptors (Lipinski definition) is 3. The number of furan rings is 1. The summed E-state index contributed by atoms with van der Waals surface area (Å²) in [5, 5.41) is 3.85. The average Bonchev–Trinajstić information content (AvgIpc) is 3.23. The van der Waals surface area contributed by atoms with Crippen LogP contribution in [0.1, 0.15) is 49.7 Å². The van der Waals surface area contributed by atoms with Crippen LogP contribution >= 0.6 is 0 Å². The third-order valence-electron chi connectivity index (χ3n) is 6.29. The van der Waals surface area contributed by atoms with E-state index in [1.165, 1.54) is 33.4 Å². The molecule has 0 saturated carbocycles. The van der Waals surface area contributed by atoms with Gasteiger partial charge in [0.15, 0.2) is 5.76 Å². The number of aromatic nitrogens is 1. The van der Waals surface area contributed by atoms with Gasteiger partial charge in [0, 0.05) is 18.0 Å². The fraction of sp³-hybridized carbons (Fsp3) is 0.231. The normalized spacial score (nSPS) is 11.1. The van der Waals surface area contributed by atoms with Gasteiger partial charge in [0.1, 0.15) is 5.76 Å². The van der Waals surface area contributed by atoms with E-state index in [0.717, 1.165) is 22.4 Å². The predicted molar refractivity (Wildman–Crippen MR) is 121 cm³/mol. The van der Waals surface area contributed by atoms with E-state index < -0.39 is 0 Å². The summed E-state index contributed by atoms with van der Waals surface area (Å²) >= 11 is 0. The second-order valence-corrected chi connectivity index (χ2v) is 7.88. The van der Waals surface area contributed by atoms with Crippen molar-refractivity contribution in [2.45, 2.75) is 41.0 Å². The molecule has 0 saturated heterocycles. The molecule has 152 valence electrons. The standard InChI is InChI=1S/C26H26N2O2/c1-15-16(2)18(4)22(19(5)17(15)3)14-20-11-12-25(30-20)26(29)28-24-10-6-9-23-21(24)8-7-13-27-23/h6-13H,14H2,1-5H3,(H,28,29). The van der Waals surface area contributed by atoms with Gasteiger partial charge < -0.3 is 9.73 Å². The van der Waals surface area contributed by atoms with Crippen LogP contribution < -0.4 is 5.32 Å². The van der Waals surface area contributed by atoms with Crippen LogP contribution in [-0.4, -0.2) is 10.9 Å². The van der Waals surface area contributed by atoms with Gasteiger partial charge in [-0.3, -0.25) is 9.78 Å². The molecule has 2 heterocycles. The zero-order valence-corrected chi connectivity index (χ0v) is 18.1. The van der Waals surface area contributed by atoms with Crippen LogP contribution in [0.15, 0.2) is 53.1 Å². The molecule has 0 unspecified atom stereocenters. The molecule has 4 nitrogen and oxygen atoms in total. The Labute approximate surface area is 177 Å². The third-order valence-corrected chi connectivity index (χ3v) is 6.29. The van der Waals surface area contributed by atoms with Crippen LogP contribution in [0.5, 0.6) is 0 Å². The fourth-order valence-corrected chi connectivity index (χ4v) is 4.01. The van der Waals surface area contributed by atoms with E-state index >= 15 is 0 Å². The van der Waals surface area contributed by atoms with Gasteiger partial charge in [-0.15, -0.1) is 0 Å². The molecule has 0 aliphatic rings. The summed E-state index contributed by atoms with van der Waals surface area (Å²) < 4.78 is 5.93. The molecular weight excluding hydrogens is 372 g/mol. The van der Waals surface area contributed by atoms with E-state index in [1.807, 2.05) is 36.4 Å². The zero-order chi connectivity index (χ0) is 21.4. The molecule has 0 radical (unpaired) electrons. The SMILES string of the molecule is Cc1c(C)c(C)c(Cc2ccc(C(=O)Nc3cccc4ncccc34)o2)c(C)c1C. The van der Waals surface area contributed by atoms with Crippen molar-refractivity contribution >= 4 is 22.5 Å². The molecule has 0 aliphatic carbocycles. The first-order chi connectivity index (χ1) is 14.4. The number of benzene rings is 2. The molecule has 1 amide bonds. The number of carbonyl (C=O) groups excluding carboxylic acids is 1. The minimum absolute atomic E-state index is 0.262. The number of amides is 1. The molecular formula is C26H26N2O2. The Balaban J connectivity index is 1.58. The molecule has 2 aromatic heterocycles. The molecule has 0 atom stereocenters. The van der Waals surface area contributed by atoms with Crippen molar-refractivity contribution in [3.05, 3.63) is 93.6 Å². The minimum Gasteiger partial charge on any atom is -0.456 e. The Morgan fingerprint density at radius 1 is 0.867 bits per heavy atom. The van der Waals surface area contributed by atoms with Crippen molar-refractivity contribution in [2.75, 3.05) is 5.32 Å². The monoisotopic (exact) mass is 398 g/mol. The Morgan fingerprint density at radius 3 is 2.30 bits per heavy atom. The lowest BCUT2D eigenvalue weighted by atomic mass is 9.88. The molecule has 30 heavy (non-hydrogen) atoms. The van der Waals surface area contributed by atoms with Gasteiger partial charge >= 0.3 is 0 Å². The van der Waals surface area contributed by atoms with Crippen LogP contribution in [0.25, 0.3) is 10.9 Å². The number of hydrogen-bond donors (Lipinski definition) is 1. The second kappa shape index (κ2) is 7.79. The number of carbonyl (C=O) groups is 1. The summed E-state index contributed by atoms with van der Waals surface area (Å²) in [4.78, 5) is 17.1. The number of anilines is 1. The summed E-state index contributed by atoms with van der Waals surface area (Å²) in [6, 6.07) is 13.1. The topological polar surface area (TPSA) is 55.1 Å². The molecule has 0 spiro atoms. The number of nitrogens with zero attached hydrogens (tertiary/aromatic N) is 1. The summed E-state index contributed by atoms with van der Waals surface area (Å²) in [5.41, 5.74) is 9.41. The van der Waals surface area contributed by atoms with Crippen LogP contribution in [0, 0.1) is 34.6 Å². The highest BCUT2D eigenvalue weighted by atomic mass is 16.3. The van der Waals surface area contributed by atoms with E-state index in [1.54, 1.807) is 12.3 Å². The average molecular weight is 399 g/mol. The maximum absolute atomic E-state index is 12.8. The second-order valence-electron chi connectivity index (χ2n) is 7.88. The van der Waals surface area contributed by atoms with Gasteiger partial charge in [-0.05, 0) is 104 Å². The number of fused-ring (bicyclic) bond motifs is 1. The van der Waals surface area contributed by atoms with Gasteiger partial charge in [0.25, 0.3) is 5.91 Å². The van der Waals surface area contributed by atoms with Crippen LogP contribution in [-0.2, 0) is 6.42 Å². The Bertz CT molecular complexity index is 1230. The van der Waals surface area contributed by atoms with Crippen molar-refractivity contribution in [2.24, 2.45) is 0 Å². The first-order valence-electron chi connectivity index (χ1n) is 10.2. The molecule has 0 bridgehead atoms. The van der Waals surface area contributed by atoms with Crippen molar-refractivity contribution in [3.8, 4) is 0 Å². The van der Waals surface area contributed by atoms with Crippen molar-refractivity contribution in [1.82, 2.24) is 4.98 Å². The Morgan fingerprint density at radius 2 is 1.57 bits per heavy atom. The van der Waals surface area contributed by atoms with Gasteiger partial charge in [0.2, 0.25) is 0 Å². The van der Waals surface area contributed by atoms with Crippen LogP contribution in [0.4, 0.5) is 5.69 Å². The van der Waals surface area contributed by atoms with Gasteiger partial charge in [-0.1, -0.05) is 6.07 Å². The van der Waals surface area contributed by atoms with Gasteiger partial charge in [-0.2, -0.15) is 0 Å². The van der Waals surface area contributed by atoms with E-state index in [-0.39, 0.29) is 5.91 Å². The highest BCUT2D eigenvalue weighted by molar-refractivity contribution is 6.07. The van der Waals surface area contributed by atoms with Crippen molar-refractivity contribution in [3.63, 3.8) is 0 Å². The quantitative estimate of drug-likeness (QED) is 0.444. The molecule has 0 aliphatic heterocycles. The highest BCUT2D eigenvalue weighted by Crippen LogP contribution is 2.29. The zero-order valence-electron chi connectivity index (χ0n) is 18.1. The summed E-state index contributed by atoms with van der Waals surface area (Å²) in [6.45, 7) is 10.8. The maximum atomic E-state index is 12.8. The predicted octanol–water partition coefficient (Wildman–Crippen LogP) is 6.21. The summed E-state index contributed by atoms with van der Waals surface area (Å²) in [6.07, 6.45) is 2.41. The summed E-state index contributed by atoms with van der Waals surface area (Å²) in [5.74, 6) is 0.831. The maximum Gasteiger partial charge on any atom is 0.291 e. The molecule has 0 fully saturated rings. The van der Waals surface area contributed by atoms with Crippen LogP contribution in [0.3, 0.4) is 0 Å². The minimum atomic E-state index is -0.262. The largest absolute Gasteiger partial charge is 0.456 e.